The molecule has 0 saturated heterocycles. The second-order valence-corrected chi connectivity index (χ2v) is 3.54. The Morgan fingerprint density at radius 3 is 3.08 bits per heavy atom. The van der Waals surface area contributed by atoms with Gasteiger partial charge >= 0.3 is 0 Å². The van der Waals surface area contributed by atoms with E-state index in [9.17, 15) is 4.79 Å². The highest BCUT2D eigenvalue weighted by molar-refractivity contribution is 7.12. The zero-order chi connectivity index (χ0) is 8.97. The summed E-state index contributed by atoms with van der Waals surface area (Å²) in [5.74, 6) is -0.0389. The van der Waals surface area contributed by atoms with E-state index >= 15 is 0 Å². The van der Waals surface area contributed by atoms with E-state index in [1.807, 2.05) is 18.4 Å². The van der Waals surface area contributed by atoms with Crippen LogP contribution >= 0.6 is 11.3 Å². The van der Waals surface area contributed by atoms with E-state index in [2.05, 4.69) is 5.32 Å². The van der Waals surface area contributed by atoms with Gasteiger partial charge in [0.2, 0.25) is 0 Å². The van der Waals surface area contributed by atoms with Gasteiger partial charge in [-0.2, -0.15) is 0 Å². The smallest absolute Gasteiger partial charge is 0.261 e. The van der Waals surface area contributed by atoms with Crippen molar-refractivity contribution in [2.75, 3.05) is 6.54 Å². The summed E-state index contributed by atoms with van der Waals surface area (Å²) in [6.45, 7) is 2.35. The van der Waals surface area contributed by atoms with Crippen molar-refractivity contribution in [3.63, 3.8) is 0 Å². The first-order valence-electron chi connectivity index (χ1n) is 3.78. The number of nitrogens with one attached hydrogen (secondary N) is 1. The summed E-state index contributed by atoms with van der Waals surface area (Å²) in [4.78, 5) is 12.1. The van der Waals surface area contributed by atoms with Crippen LogP contribution in [0.5, 0.6) is 0 Å². The van der Waals surface area contributed by atoms with Crippen LogP contribution < -0.4 is 11.1 Å². The molecule has 0 unspecified atom stereocenters. The van der Waals surface area contributed by atoms with E-state index in [4.69, 9.17) is 5.73 Å². The Hall–Kier alpha value is -0.870. The first-order chi connectivity index (χ1) is 5.74. The average molecular weight is 184 g/mol. The summed E-state index contributed by atoms with van der Waals surface area (Å²) >= 11 is 1.43. The van der Waals surface area contributed by atoms with Gasteiger partial charge in [-0.15, -0.1) is 11.3 Å². The lowest BCUT2D eigenvalue weighted by Crippen LogP contribution is -2.37. The first-order valence-corrected chi connectivity index (χ1v) is 4.66. The van der Waals surface area contributed by atoms with Gasteiger partial charge in [0.1, 0.15) is 0 Å². The molecular formula is C8H12N2OS. The molecule has 0 spiro atoms. The summed E-state index contributed by atoms with van der Waals surface area (Å²) in [7, 11) is 0. The quantitative estimate of drug-likeness (QED) is 0.731. The van der Waals surface area contributed by atoms with E-state index in [-0.39, 0.29) is 11.9 Å². The maximum absolute atomic E-state index is 11.3. The maximum Gasteiger partial charge on any atom is 0.261 e. The molecule has 0 aliphatic carbocycles. The van der Waals surface area contributed by atoms with Gasteiger partial charge in [-0.05, 0) is 18.4 Å². The molecule has 0 aliphatic rings. The lowest BCUT2D eigenvalue weighted by Gasteiger charge is -2.09. The first kappa shape index (κ1) is 9.22. The molecule has 1 heterocycles. The van der Waals surface area contributed by atoms with Gasteiger partial charge in [0.25, 0.3) is 5.91 Å². The minimum absolute atomic E-state index is 0.0389. The molecule has 3 N–H and O–H groups in total. The maximum atomic E-state index is 11.3. The molecule has 3 nitrogen and oxygen atoms in total. The number of nitrogens with two attached hydrogens (primary N) is 1. The van der Waals surface area contributed by atoms with Crippen molar-refractivity contribution in [2.24, 2.45) is 5.73 Å². The van der Waals surface area contributed by atoms with E-state index in [1.165, 1.54) is 11.3 Å². The third-order valence-electron chi connectivity index (χ3n) is 1.48. The van der Waals surface area contributed by atoms with Crippen LogP contribution in [0.25, 0.3) is 0 Å². The Morgan fingerprint density at radius 2 is 2.58 bits per heavy atom. The highest BCUT2D eigenvalue weighted by atomic mass is 32.1. The minimum Gasteiger partial charge on any atom is -0.348 e. The van der Waals surface area contributed by atoms with Crippen molar-refractivity contribution in [3.05, 3.63) is 22.4 Å². The summed E-state index contributed by atoms with van der Waals surface area (Å²) in [5.41, 5.74) is 5.36. The Labute approximate surface area is 75.6 Å². The normalized spacial score (nSPS) is 12.5. The predicted molar refractivity (Wildman–Crippen MR) is 50.3 cm³/mol. The number of carbonyl (C=O) groups is 1. The molecule has 1 aromatic heterocycles. The topological polar surface area (TPSA) is 55.1 Å². The lowest BCUT2D eigenvalue weighted by atomic mass is 10.3. The standard InChI is InChI=1S/C8H12N2OS/c1-6(5-9)10-8(11)7-3-2-4-12-7/h2-4,6H,5,9H2,1H3,(H,10,11)/t6-/m1/s1. The second kappa shape index (κ2) is 4.23. The second-order valence-electron chi connectivity index (χ2n) is 2.59. The van der Waals surface area contributed by atoms with Gasteiger partial charge in [0.05, 0.1) is 4.88 Å². The average Bonchev–Trinajstić information content (AvgIpc) is 2.56. The number of carbonyl (C=O) groups excluding carboxylic acids is 1. The Morgan fingerprint density at radius 1 is 1.83 bits per heavy atom. The molecule has 0 aliphatic heterocycles. The highest BCUT2D eigenvalue weighted by Crippen LogP contribution is 2.07. The van der Waals surface area contributed by atoms with E-state index < -0.39 is 0 Å². The Balaban J connectivity index is 2.50. The van der Waals surface area contributed by atoms with E-state index in [0.717, 1.165) is 4.88 Å². The number of hydrogen-bond acceptors (Lipinski definition) is 3. The molecule has 4 heteroatoms. The third-order valence-corrected chi connectivity index (χ3v) is 2.34. The van der Waals surface area contributed by atoms with Crippen molar-refractivity contribution in [3.8, 4) is 0 Å². The minimum atomic E-state index is -0.0389. The van der Waals surface area contributed by atoms with Gasteiger partial charge in [0.15, 0.2) is 0 Å². The monoisotopic (exact) mass is 184 g/mol. The number of amides is 1. The van der Waals surface area contributed by atoms with Crippen LogP contribution in [0.1, 0.15) is 16.6 Å². The summed E-state index contributed by atoms with van der Waals surface area (Å²) in [6, 6.07) is 3.69. The number of hydrogen-bond donors (Lipinski definition) is 2. The lowest BCUT2D eigenvalue weighted by molar-refractivity contribution is 0.0945. The molecule has 1 atom stereocenters. The molecular weight excluding hydrogens is 172 g/mol. The van der Waals surface area contributed by atoms with Crippen LogP contribution in [0.15, 0.2) is 17.5 Å². The van der Waals surface area contributed by atoms with Crippen molar-refractivity contribution in [1.29, 1.82) is 0 Å². The molecule has 0 aromatic carbocycles. The number of thiophene rings is 1. The summed E-state index contributed by atoms with van der Waals surface area (Å²) < 4.78 is 0. The van der Waals surface area contributed by atoms with Crippen molar-refractivity contribution >= 4 is 17.2 Å². The van der Waals surface area contributed by atoms with Gasteiger partial charge in [-0.3, -0.25) is 4.79 Å². The fraction of sp³-hybridized carbons (Fsp3) is 0.375. The van der Waals surface area contributed by atoms with Crippen molar-refractivity contribution < 1.29 is 4.79 Å². The van der Waals surface area contributed by atoms with Crippen LogP contribution in [0.2, 0.25) is 0 Å². The Bertz CT molecular complexity index is 246. The Kier molecular flexibility index (Phi) is 3.25. The van der Waals surface area contributed by atoms with Gasteiger partial charge in [-0.1, -0.05) is 6.07 Å². The van der Waals surface area contributed by atoms with Gasteiger partial charge < -0.3 is 11.1 Å². The zero-order valence-electron chi connectivity index (χ0n) is 6.91. The predicted octanol–water partition coefficient (Wildman–Crippen LogP) is 0.825. The van der Waals surface area contributed by atoms with Gasteiger partial charge in [0, 0.05) is 12.6 Å². The molecule has 0 radical (unpaired) electrons. The SMILES string of the molecule is C[C@H](CN)NC(=O)c1cccs1. The molecule has 1 rings (SSSR count). The zero-order valence-corrected chi connectivity index (χ0v) is 7.73. The molecule has 0 bridgehead atoms. The van der Waals surface area contributed by atoms with Gasteiger partial charge in [-0.25, -0.2) is 0 Å². The van der Waals surface area contributed by atoms with Crippen molar-refractivity contribution in [2.45, 2.75) is 13.0 Å². The molecule has 1 aromatic rings. The molecule has 66 valence electrons. The molecule has 12 heavy (non-hydrogen) atoms. The number of rotatable bonds is 3. The largest absolute Gasteiger partial charge is 0.348 e. The fourth-order valence-corrected chi connectivity index (χ4v) is 1.39. The van der Waals surface area contributed by atoms with E-state index in [0.29, 0.717) is 6.54 Å². The van der Waals surface area contributed by atoms with Crippen LogP contribution in [-0.2, 0) is 0 Å². The van der Waals surface area contributed by atoms with E-state index in [1.54, 1.807) is 6.07 Å². The third kappa shape index (κ3) is 2.32. The summed E-state index contributed by atoms with van der Waals surface area (Å²) in [5, 5.41) is 4.66. The molecule has 0 fully saturated rings. The molecule has 0 saturated carbocycles. The van der Waals surface area contributed by atoms with Crippen LogP contribution in [0.4, 0.5) is 0 Å². The fourth-order valence-electron chi connectivity index (χ4n) is 0.762. The van der Waals surface area contributed by atoms with Crippen LogP contribution in [0, 0.1) is 0 Å². The molecule has 1 amide bonds. The highest BCUT2D eigenvalue weighted by Gasteiger charge is 2.08. The van der Waals surface area contributed by atoms with Crippen LogP contribution in [0.3, 0.4) is 0 Å². The van der Waals surface area contributed by atoms with Crippen LogP contribution in [-0.4, -0.2) is 18.5 Å². The summed E-state index contributed by atoms with van der Waals surface area (Å²) in [6.07, 6.45) is 0. The van der Waals surface area contributed by atoms with Crippen molar-refractivity contribution in [1.82, 2.24) is 5.32 Å².